The fraction of sp³-hybridized carbons (Fsp3) is 0.136. The first-order chi connectivity index (χ1) is 13.7. The molecule has 1 amide bonds. The molecule has 3 rings (SSSR count). The molecule has 29 heavy (non-hydrogen) atoms. The number of carbonyl (C=O) groups excluding carboxylic acids is 1. The van der Waals surface area contributed by atoms with Gasteiger partial charge >= 0.3 is 0 Å². The molecule has 0 unspecified atom stereocenters. The number of aromatic hydroxyl groups is 1. The molecule has 3 aromatic rings. The first-order valence-electron chi connectivity index (χ1n) is 8.97. The molecular formula is C22H22N2O4S. The van der Waals surface area contributed by atoms with Crippen molar-refractivity contribution in [3.05, 3.63) is 82.9 Å². The highest BCUT2D eigenvalue weighted by atomic mass is 32.2. The van der Waals surface area contributed by atoms with Crippen LogP contribution in [0.3, 0.4) is 0 Å². The maximum absolute atomic E-state index is 12.7. The molecule has 0 saturated heterocycles. The summed E-state index contributed by atoms with van der Waals surface area (Å²) >= 11 is 0. The van der Waals surface area contributed by atoms with Crippen LogP contribution in [0.1, 0.15) is 27.0 Å². The second-order valence-corrected chi connectivity index (χ2v) is 8.58. The average molecular weight is 410 g/mol. The van der Waals surface area contributed by atoms with Gasteiger partial charge in [0.05, 0.1) is 10.6 Å². The smallest absolute Gasteiger partial charge is 0.262 e. The van der Waals surface area contributed by atoms with Crippen LogP contribution >= 0.6 is 0 Å². The van der Waals surface area contributed by atoms with E-state index in [0.29, 0.717) is 22.5 Å². The van der Waals surface area contributed by atoms with Gasteiger partial charge in [0.2, 0.25) is 0 Å². The number of phenolic OH excluding ortho intramolecular Hbond substituents is 1. The first kappa shape index (κ1) is 20.4. The number of carbonyl (C=O) groups is 1. The minimum atomic E-state index is -3.74. The fourth-order valence-electron chi connectivity index (χ4n) is 2.84. The van der Waals surface area contributed by atoms with E-state index < -0.39 is 15.9 Å². The number of benzene rings is 3. The second-order valence-electron chi connectivity index (χ2n) is 6.93. The lowest BCUT2D eigenvalue weighted by molar-refractivity contribution is 0.102. The molecule has 0 heterocycles. The van der Waals surface area contributed by atoms with E-state index in [1.165, 1.54) is 24.3 Å². The fourth-order valence-corrected chi connectivity index (χ4v) is 4.23. The summed E-state index contributed by atoms with van der Waals surface area (Å²) in [6.07, 6.45) is 0. The van der Waals surface area contributed by atoms with Crippen LogP contribution in [-0.2, 0) is 10.0 Å². The molecule has 0 spiro atoms. The number of phenols is 1. The Hall–Kier alpha value is -3.32. The molecule has 0 atom stereocenters. The van der Waals surface area contributed by atoms with Crippen molar-refractivity contribution < 1.29 is 18.3 Å². The molecule has 6 nitrogen and oxygen atoms in total. The number of nitrogens with one attached hydrogen (secondary N) is 2. The Bertz CT molecular complexity index is 1170. The third-order valence-electron chi connectivity index (χ3n) is 4.43. The molecule has 0 bridgehead atoms. The van der Waals surface area contributed by atoms with E-state index in [2.05, 4.69) is 10.0 Å². The molecule has 0 fully saturated rings. The maximum Gasteiger partial charge on any atom is 0.262 e. The van der Waals surface area contributed by atoms with Crippen LogP contribution in [0.2, 0.25) is 0 Å². The van der Waals surface area contributed by atoms with Crippen molar-refractivity contribution in [3.8, 4) is 5.75 Å². The van der Waals surface area contributed by atoms with Gasteiger partial charge in [0.1, 0.15) is 5.75 Å². The van der Waals surface area contributed by atoms with Crippen LogP contribution in [0.5, 0.6) is 5.75 Å². The lowest BCUT2D eigenvalue weighted by Gasteiger charge is -2.12. The number of rotatable bonds is 5. The largest absolute Gasteiger partial charge is 0.506 e. The van der Waals surface area contributed by atoms with E-state index >= 15 is 0 Å². The molecule has 0 saturated carbocycles. The highest BCUT2D eigenvalue weighted by Crippen LogP contribution is 2.25. The summed E-state index contributed by atoms with van der Waals surface area (Å²) in [5, 5.41) is 12.6. The van der Waals surface area contributed by atoms with Crippen LogP contribution in [-0.4, -0.2) is 19.4 Å². The lowest BCUT2D eigenvalue weighted by atomic mass is 10.1. The van der Waals surface area contributed by atoms with Gasteiger partial charge in [-0.1, -0.05) is 18.2 Å². The van der Waals surface area contributed by atoms with Crippen molar-refractivity contribution in [2.75, 3.05) is 10.0 Å². The van der Waals surface area contributed by atoms with Crippen LogP contribution in [0.4, 0.5) is 11.4 Å². The Morgan fingerprint density at radius 1 is 0.862 bits per heavy atom. The van der Waals surface area contributed by atoms with Crippen LogP contribution in [0.15, 0.2) is 65.6 Å². The van der Waals surface area contributed by atoms with Crippen molar-refractivity contribution in [3.63, 3.8) is 0 Å². The summed E-state index contributed by atoms with van der Waals surface area (Å²) in [5.74, 6) is -0.427. The Balaban J connectivity index is 1.76. The molecule has 0 aliphatic heterocycles. The molecule has 7 heteroatoms. The van der Waals surface area contributed by atoms with E-state index in [0.717, 1.165) is 11.1 Å². The molecule has 3 N–H and O–H groups in total. The SMILES string of the molecule is Cc1ccc(NC(=O)c2ccc(NS(=O)(=O)c3cc(C)ccc3C)cc2)c(O)c1. The maximum atomic E-state index is 12.7. The molecular weight excluding hydrogens is 388 g/mol. The van der Waals surface area contributed by atoms with E-state index in [9.17, 15) is 18.3 Å². The molecule has 150 valence electrons. The summed E-state index contributed by atoms with van der Waals surface area (Å²) < 4.78 is 27.9. The third kappa shape index (κ3) is 4.75. The van der Waals surface area contributed by atoms with Gasteiger partial charge in [-0.25, -0.2) is 8.42 Å². The van der Waals surface area contributed by atoms with Gasteiger partial charge in [0.25, 0.3) is 15.9 Å². The van der Waals surface area contributed by atoms with Crippen molar-refractivity contribution in [1.82, 2.24) is 0 Å². The summed E-state index contributed by atoms with van der Waals surface area (Å²) in [5.41, 5.74) is 3.36. The van der Waals surface area contributed by atoms with Gasteiger partial charge in [0.15, 0.2) is 0 Å². The topological polar surface area (TPSA) is 95.5 Å². The van der Waals surface area contributed by atoms with Gasteiger partial charge in [0, 0.05) is 11.3 Å². The van der Waals surface area contributed by atoms with Crippen molar-refractivity contribution in [2.45, 2.75) is 25.7 Å². The van der Waals surface area contributed by atoms with Crippen LogP contribution in [0, 0.1) is 20.8 Å². The number of hydrogen-bond donors (Lipinski definition) is 3. The molecule has 0 aliphatic carbocycles. The normalized spacial score (nSPS) is 11.1. The Morgan fingerprint density at radius 3 is 2.14 bits per heavy atom. The minimum absolute atomic E-state index is 0.0174. The molecule has 0 aromatic heterocycles. The second kappa shape index (κ2) is 7.97. The third-order valence-corrected chi connectivity index (χ3v) is 5.96. The highest BCUT2D eigenvalue weighted by Gasteiger charge is 2.17. The zero-order valence-electron chi connectivity index (χ0n) is 16.4. The van der Waals surface area contributed by atoms with Gasteiger partial charge in [-0.2, -0.15) is 0 Å². The predicted molar refractivity (Wildman–Crippen MR) is 114 cm³/mol. The number of aryl methyl sites for hydroxylation is 3. The van der Waals surface area contributed by atoms with Crippen molar-refractivity contribution >= 4 is 27.3 Å². The van der Waals surface area contributed by atoms with Crippen LogP contribution in [0.25, 0.3) is 0 Å². The Labute approximate surface area is 170 Å². The van der Waals surface area contributed by atoms with Gasteiger partial charge in [-0.3, -0.25) is 9.52 Å². The van der Waals surface area contributed by atoms with Crippen molar-refractivity contribution in [1.29, 1.82) is 0 Å². The monoisotopic (exact) mass is 410 g/mol. The van der Waals surface area contributed by atoms with E-state index in [-0.39, 0.29) is 10.6 Å². The Kier molecular flexibility index (Phi) is 5.61. The lowest BCUT2D eigenvalue weighted by Crippen LogP contribution is -2.15. The van der Waals surface area contributed by atoms with Crippen molar-refractivity contribution in [2.24, 2.45) is 0 Å². The first-order valence-corrected chi connectivity index (χ1v) is 10.4. The molecule has 3 aromatic carbocycles. The number of sulfonamides is 1. The highest BCUT2D eigenvalue weighted by molar-refractivity contribution is 7.92. The Morgan fingerprint density at radius 2 is 1.48 bits per heavy atom. The van der Waals surface area contributed by atoms with Crippen LogP contribution < -0.4 is 10.0 Å². The van der Waals surface area contributed by atoms with E-state index in [1.807, 2.05) is 19.9 Å². The molecule has 0 aliphatic rings. The summed E-state index contributed by atoms with van der Waals surface area (Å²) in [7, 11) is -3.74. The summed E-state index contributed by atoms with van der Waals surface area (Å²) in [6.45, 7) is 5.41. The number of amides is 1. The van der Waals surface area contributed by atoms with E-state index in [4.69, 9.17) is 0 Å². The van der Waals surface area contributed by atoms with Gasteiger partial charge in [-0.05, 0) is 79.9 Å². The van der Waals surface area contributed by atoms with E-state index in [1.54, 1.807) is 37.3 Å². The zero-order valence-corrected chi connectivity index (χ0v) is 17.2. The standard InChI is InChI=1S/C22H22N2O4S/c1-14-5-11-19(20(25)12-14)23-22(26)17-7-9-18(10-8-17)24-29(27,28)21-13-15(2)4-6-16(21)3/h4-13,24-25H,1-3H3,(H,23,26). The number of anilines is 2. The van der Waals surface area contributed by atoms with Gasteiger partial charge < -0.3 is 10.4 Å². The minimum Gasteiger partial charge on any atom is -0.506 e. The zero-order chi connectivity index (χ0) is 21.2. The summed E-state index contributed by atoms with van der Waals surface area (Å²) in [6, 6.07) is 16.3. The number of hydrogen-bond acceptors (Lipinski definition) is 4. The predicted octanol–water partition coefficient (Wildman–Crippen LogP) is 4.37. The average Bonchev–Trinajstić information content (AvgIpc) is 2.66. The van der Waals surface area contributed by atoms with Gasteiger partial charge in [-0.15, -0.1) is 0 Å². The molecule has 0 radical (unpaired) electrons. The quantitative estimate of drug-likeness (QED) is 0.544. The summed E-state index contributed by atoms with van der Waals surface area (Å²) in [4.78, 5) is 12.6.